The summed E-state index contributed by atoms with van der Waals surface area (Å²) in [4.78, 5) is 26.1. The lowest BCUT2D eigenvalue weighted by molar-refractivity contribution is -0.121. The van der Waals surface area contributed by atoms with Crippen molar-refractivity contribution in [2.75, 3.05) is 34.2 Å². The van der Waals surface area contributed by atoms with E-state index in [2.05, 4.69) is 5.32 Å². The second-order valence-corrected chi connectivity index (χ2v) is 4.58. The summed E-state index contributed by atoms with van der Waals surface area (Å²) in [7, 11) is 5.79. The Morgan fingerprint density at radius 2 is 1.93 bits per heavy atom. The highest BCUT2D eigenvalue weighted by Gasteiger charge is 2.34. The van der Waals surface area contributed by atoms with Crippen LogP contribution in [-0.2, 0) is 4.79 Å². The Kier molecular flexibility index (Phi) is 3.91. The molecule has 1 fully saturated rings. The molecule has 1 saturated heterocycles. The summed E-state index contributed by atoms with van der Waals surface area (Å²) in [6.45, 7) is 1.64. The first-order valence-electron chi connectivity index (χ1n) is 4.37. The lowest BCUT2D eigenvalue weighted by atomic mass is 10.4. The van der Waals surface area contributed by atoms with Gasteiger partial charge in [-0.15, -0.1) is 0 Å². The highest BCUT2D eigenvalue weighted by Crippen LogP contribution is 2.20. The average molecular weight is 217 g/mol. The van der Waals surface area contributed by atoms with E-state index in [1.165, 1.54) is 0 Å². The maximum absolute atomic E-state index is 11.3. The van der Waals surface area contributed by atoms with Gasteiger partial charge in [0.1, 0.15) is 5.37 Å². The summed E-state index contributed by atoms with van der Waals surface area (Å²) in [5, 5.41) is 1.65. The van der Waals surface area contributed by atoms with Crippen molar-refractivity contribution in [3.63, 3.8) is 0 Å². The Morgan fingerprint density at radius 1 is 1.29 bits per heavy atom. The van der Waals surface area contributed by atoms with Gasteiger partial charge in [0.05, 0.1) is 0 Å². The van der Waals surface area contributed by atoms with Crippen LogP contribution in [0, 0.1) is 0 Å². The molecule has 0 spiro atoms. The first-order valence-corrected chi connectivity index (χ1v) is 5.25. The average Bonchev–Trinajstić information content (AvgIpc) is 2.41. The van der Waals surface area contributed by atoms with Crippen molar-refractivity contribution in [1.29, 1.82) is 0 Å². The molecule has 0 aromatic heterocycles. The molecule has 1 aliphatic rings. The minimum absolute atomic E-state index is 0.207. The van der Waals surface area contributed by atoms with Gasteiger partial charge in [0.2, 0.25) is 0 Å². The number of carbonyl (C=O) groups excluding carboxylic acids is 2. The number of thioether (sulfide) groups is 1. The fourth-order valence-electron chi connectivity index (χ4n) is 1.11. The molecule has 1 unspecified atom stereocenters. The largest absolute Gasteiger partial charge is 0.308 e. The molecule has 0 bridgehead atoms. The molecule has 5 nitrogen and oxygen atoms in total. The van der Waals surface area contributed by atoms with Crippen LogP contribution in [0.15, 0.2) is 0 Å². The molecule has 1 rings (SSSR count). The van der Waals surface area contributed by atoms with Crippen LogP contribution in [0.2, 0.25) is 0 Å². The summed E-state index contributed by atoms with van der Waals surface area (Å²) >= 11 is 1.04. The number of likely N-dealkylation sites (N-methyl/N-ethyl adjacent to an activating group) is 2. The van der Waals surface area contributed by atoms with Gasteiger partial charge in [-0.2, -0.15) is 0 Å². The molecule has 6 heteroatoms. The smallest absolute Gasteiger partial charge is 0.287 e. The van der Waals surface area contributed by atoms with Crippen molar-refractivity contribution < 1.29 is 9.59 Å². The van der Waals surface area contributed by atoms with Gasteiger partial charge in [-0.05, 0) is 32.9 Å². The van der Waals surface area contributed by atoms with Crippen LogP contribution in [0.4, 0.5) is 4.79 Å². The van der Waals surface area contributed by atoms with Crippen LogP contribution < -0.4 is 5.32 Å². The van der Waals surface area contributed by atoms with E-state index in [1.54, 1.807) is 0 Å². The summed E-state index contributed by atoms with van der Waals surface area (Å²) < 4.78 is 0. The van der Waals surface area contributed by atoms with Crippen molar-refractivity contribution >= 4 is 22.9 Å². The number of nitrogens with zero attached hydrogens (tertiary/aromatic N) is 2. The molecule has 0 aliphatic carbocycles. The molecular formula is C8H15N3O2S. The van der Waals surface area contributed by atoms with Crippen molar-refractivity contribution in [3.05, 3.63) is 0 Å². The van der Waals surface area contributed by atoms with Gasteiger partial charge in [0.15, 0.2) is 0 Å². The standard InChI is InChI=1S/C8H15N3O2S/c1-10(2)4-5-11(3)7-6(12)9-8(13)14-7/h7H,4-5H2,1-3H3,(H,9,12,13). The first-order chi connectivity index (χ1) is 6.50. The zero-order chi connectivity index (χ0) is 10.7. The summed E-state index contributed by atoms with van der Waals surface area (Å²) in [6, 6.07) is 0. The summed E-state index contributed by atoms with van der Waals surface area (Å²) in [5.41, 5.74) is 0. The molecule has 0 aromatic carbocycles. The lowest BCUT2D eigenvalue weighted by Crippen LogP contribution is -2.40. The van der Waals surface area contributed by atoms with Crippen LogP contribution in [0.3, 0.4) is 0 Å². The normalized spacial score (nSPS) is 22.2. The van der Waals surface area contributed by atoms with Gasteiger partial charge in [-0.25, -0.2) is 0 Å². The lowest BCUT2D eigenvalue weighted by Gasteiger charge is -2.22. The molecule has 2 amide bonds. The maximum Gasteiger partial charge on any atom is 0.287 e. The van der Waals surface area contributed by atoms with E-state index in [9.17, 15) is 9.59 Å². The molecule has 0 saturated carbocycles. The second-order valence-electron chi connectivity index (χ2n) is 3.53. The van der Waals surface area contributed by atoms with E-state index in [0.29, 0.717) is 0 Å². The van der Waals surface area contributed by atoms with E-state index >= 15 is 0 Å². The quantitative estimate of drug-likeness (QED) is 0.706. The highest BCUT2D eigenvalue weighted by atomic mass is 32.2. The molecule has 1 N–H and O–H groups in total. The van der Waals surface area contributed by atoms with E-state index in [4.69, 9.17) is 0 Å². The summed E-state index contributed by atoms with van der Waals surface area (Å²) in [6.07, 6.45) is 0. The fourth-order valence-corrected chi connectivity index (χ4v) is 1.93. The number of rotatable bonds is 4. The van der Waals surface area contributed by atoms with Gasteiger partial charge in [0.25, 0.3) is 11.1 Å². The van der Waals surface area contributed by atoms with Gasteiger partial charge >= 0.3 is 0 Å². The topological polar surface area (TPSA) is 52.6 Å². The van der Waals surface area contributed by atoms with Gasteiger partial charge < -0.3 is 4.90 Å². The predicted octanol–water partition coefficient (Wildman–Crippen LogP) is -0.211. The number of amides is 2. The molecule has 1 atom stereocenters. The third kappa shape index (κ3) is 2.97. The third-order valence-corrected chi connectivity index (χ3v) is 3.08. The van der Waals surface area contributed by atoms with Gasteiger partial charge in [0, 0.05) is 13.1 Å². The maximum atomic E-state index is 11.3. The molecule has 80 valence electrons. The van der Waals surface area contributed by atoms with E-state index in [1.807, 2.05) is 30.9 Å². The molecule has 14 heavy (non-hydrogen) atoms. The van der Waals surface area contributed by atoms with Crippen LogP contribution in [-0.4, -0.2) is 60.6 Å². The minimum Gasteiger partial charge on any atom is -0.308 e. The Hall–Kier alpha value is -0.590. The zero-order valence-electron chi connectivity index (χ0n) is 8.61. The highest BCUT2D eigenvalue weighted by molar-refractivity contribution is 8.15. The fraction of sp³-hybridized carbons (Fsp3) is 0.750. The number of hydrogen-bond acceptors (Lipinski definition) is 5. The number of carbonyl (C=O) groups is 2. The van der Waals surface area contributed by atoms with Gasteiger partial charge in [-0.3, -0.25) is 19.8 Å². The summed E-state index contributed by atoms with van der Waals surface area (Å²) in [5.74, 6) is -0.207. The van der Waals surface area contributed by atoms with E-state index < -0.39 is 0 Å². The Bertz CT molecular complexity index is 245. The molecule has 1 heterocycles. The Morgan fingerprint density at radius 3 is 2.36 bits per heavy atom. The number of imide groups is 1. The van der Waals surface area contributed by atoms with E-state index in [0.717, 1.165) is 24.9 Å². The minimum atomic E-state index is -0.359. The van der Waals surface area contributed by atoms with Crippen LogP contribution >= 0.6 is 11.8 Å². The molecule has 0 radical (unpaired) electrons. The van der Waals surface area contributed by atoms with Crippen LogP contribution in [0.25, 0.3) is 0 Å². The SMILES string of the molecule is CN(C)CCN(C)C1SC(=O)NC1=O. The zero-order valence-corrected chi connectivity index (χ0v) is 9.43. The van der Waals surface area contributed by atoms with Gasteiger partial charge in [-0.1, -0.05) is 0 Å². The Labute approximate surface area is 87.8 Å². The van der Waals surface area contributed by atoms with Crippen LogP contribution in [0.5, 0.6) is 0 Å². The van der Waals surface area contributed by atoms with Crippen molar-refractivity contribution in [2.24, 2.45) is 0 Å². The first kappa shape index (κ1) is 11.5. The molecule has 1 aliphatic heterocycles. The van der Waals surface area contributed by atoms with Crippen molar-refractivity contribution in [2.45, 2.75) is 5.37 Å². The van der Waals surface area contributed by atoms with Crippen molar-refractivity contribution in [3.8, 4) is 0 Å². The predicted molar refractivity (Wildman–Crippen MR) is 56.1 cm³/mol. The molecule has 0 aromatic rings. The second kappa shape index (κ2) is 4.77. The third-order valence-electron chi connectivity index (χ3n) is 1.97. The number of nitrogens with one attached hydrogen (secondary N) is 1. The van der Waals surface area contributed by atoms with E-state index in [-0.39, 0.29) is 16.5 Å². The number of hydrogen-bond donors (Lipinski definition) is 1. The monoisotopic (exact) mass is 217 g/mol. The molecular weight excluding hydrogens is 202 g/mol. The van der Waals surface area contributed by atoms with Crippen molar-refractivity contribution in [1.82, 2.24) is 15.1 Å². The Balaban J connectivity index is 2.40. The van der Waals surface area contributed by atoms with Crippen LogP contribution in [0.1, 0.15) is 0 Å².